The third-order valence-corrected chi connectivity index (χ3v) is 7.27. The normalized spacial score (nSPS) is 29.0. The number of carbonyl (C=O) groups is 3. The molecule has 5 rings (SSSR count). The van der Waals surface area contributed by atoms with Gasteiger partial charge in [-0.2, -0.15) is 5.10 Å². The van der Waals surface area contributed by atoms with Crippen LogP contribution in [-0.4, -0.2) is 40.7 Å². The molecule has 8 nitrogen and oxygen atoms in total. The van der Waals surface area contributed by atoms with E-state index in [-0.39, 0.29) is 17.9 Å². The van der Waals surface area contributed by atoms with Crippen LogP contribution in [-0.2, 0) is 26.2 Å². The molecule has 0 aliphatic heterocycles. The molecular weight excluding hydrogens is 384 g/mol. The molecule has 2 amide bonds. The molecule has 4 saturated carbocycles. The van der Waals surface area contributed by atoms with Crippen molar-refractivity contribution in [3.8, 4) is 0 Å². The lowest BCUT2D eigenvalue weighted by atomic mass is 9.49. The molecular formula is C22H32N4O4. The van der Waals surface area contributed by atoms with Crippen molar-refractivity contribution in [3.63, 3.8) is 0 Å². The maximum Gasteiger partial charge on any atom is 0.325 e. The Morgan fingerprint density at radius 2 is 1.67 bits per heavy atom. The average molecular weight is 417 g/mol. The Labute approximate surface area is 177 Å². The number of anilines is 1. The predicted molar refractivity (Wildman–Crippen MR) is 111 cm³/mol. The second-order valence-corrected chi connectivity index (χ2v) is 9.75. The van der Waals surface area contributed by atoms with Gasteiger partial charge in [0.2, 0.25) is 5.91 Å². The predicted octanol–water partition coefficient (Wildman–Crippen LogP) is 2.24. The van der Waals surface area contributed by atoms with Gasteiger partial charge in [-0.25, -0.2) is 0 Å². The molecule has 4 bridgehead atoms. The Balaban J connectivity index is 1.19. The molecule has 0 radical (unpaired) electrons. The second-order valence-electron chi connectivity index (χ2n) is 9.75. The largest absolute Gasteiger partial charge is 0.454 e. The lowest BCUT2D eigenvalue weighted by Gasteiger charge is -2.56. The zero-order chi connectivity index (χ0) is 21.5. The number of nitrogens with one attached hydrogen (secondary N) is 2. The molecule has 4 aliphatic carbocycles. The van der Waals surface area contributed by atoms with Crippen LogP contribution in [0.5, 0.6) is 0 Å². The van der Waals surface area contributed by atoms with Crippen LogP contribution >= 0.6 is 0 Å². The molecule has 1 heterocycles. The van der Waals surface area contributed by atoms with Crippen LogP contribution in [0.15, 0.2) is 0 Å². The first kappa shape index (κ1) is 20.9. The Morgan fingerprint density at radius 3 is 2.20 bits per heavy atom. The molecule has 0 unspecified atom stereocenters. The summed E-state index contributed by atoms with van der Waals surface area (Å²) in [6.45, 7) is 3.05. The SMILES string of the molecule is Cc1nn(C)c(C)c1NC(=O)COC(=O)CNC(=O)CC12CC3CC(CC(C3)C1)C2. The van der Waals surface area contributed by atoms with Gasteiger partial charge in [0.05, 0.1) is 17.1 Å². The Morgan fingerprint density at radius 1 is 1.07 bits per heavy atom. The minimum absolute atomic E-state index is 0.0834. The number of hydrogen-bond donors (Lipinski definition) is 2. The van der Waals surface area contributed by atoms with Crippen LogP contribution in [0, 0.1) is 37.0 Å². The standard InChI is InChI=1S/C22H32N4O4/c1-13-21(14(2)26(3)25-13)24-19(28)12-30-20(29)11-23-18(27)10-22-7-15-4-16(8-22)6-17(5-15)9-22/h15-17H,4-12H2,1-3H3,(H,23,27)(H,24,28). The van der Waals surface area contributed by atoms with Crippen molar-refractivity contribution in [3.05, 3.63) is 11.4 Å². The van der Waals surface area contributed by atoms with Gasteiger partial charge in [0.25, 0.3) is 5.91 Å². The summed E-state index contributed by atoms with van der Waals surface area (Å²) in [5.41, 5.74) is 2.29. The van der Waals surface area contributed by atoms with Crippen molar-refractivity contribution in [1.29, 1.82) is 0 Å². The molecule has 4 fully saturated rings. The summed E-state index contributed by atoms with van der Waals surface area (Å²) >= 11 is 0. The summed E-state index contributed by atoms with van der Waals surface area (Å²) < 4.78 is 6.69. The third kappa shape index (κ3) is 4.37. The monoisotopic (exact) mass is 416 g/mol. The van der Waals surface area contributed by atoms with Gasteiger partial charge in [-0.15, -0.1) is 0 Å². The molecule has 4 aliphatic rings. The van der Waals surface area contributed by atoms with E-state index >= 15 is 0 Å². The molecule has 8 heteroatoms. The highest BCUT2D eigenvalue weighted by Crippen LogP contribution is 2.61. The topological polar surface area (TPSA) is 102 Å². The highest BCUT2D eigenvalue weighted by atomic mass is 16.5. The lowest BCUT2D eigenvalue weighted by Crippen LogP contribution is -2.48. The lowest BCUT2D eigenvalue weighted by molar-refractivity contribution is -0.147. The van der Waals surface area contributed by atoms with Crippen molar-refractivity contribution in [2.45, 2.75) is 58.8 Å². The zero-order valence-electron chi connectivity index (χ0n) is 18.1. The number of aromatic nitrogens is 2. The minimum Gasteiger partial charge on any atom is -0.454 e. The summed E-state index contributed by atoms with van der Waals surface area (Å²) in [6.07, 6.45) is 8.00. The molecule has 1 aromatic heterocycles. The van der Waals surface area contributed by atoms with Crippen LogP contribution in [0.2, 0.25) is 0 Å². The van der Waals surface area contributed by atoms with Crippen molar-refractivity contribution in [2.75, 3.05) is 18.5 Å². The zero-order valence-corrected chi connectivity index (χ0v) is 18.1. The number of nitrogens with zero attached hydrogens (tertiary/aromatic N) is 2. The van der Waals surface area contributed by atoms with E-state index in [0.29, 0.717) is 17.8 Å². The smallest absolute Gasteiger partial charge is 0.325 e. The van der Waals surface area contributed by atoms with Gasteiger partial charge in [0.1, 0.15) is 6.54 Å². The highest BCUT2D eigenvalue weighted by Gasteiger charge is 2.51. The average Bonchev–Trinajstić information content (AvgIpc) is 2.89. The molecule has 0 aromatic carbocycles. The van der Waals surface area contributed by atoms with E-state index in [1.165, 1.54) is 19.3 Å². The Hall–Kier alpha value is -2.38. The Kier molecular flexibility index (Phi) is 5.59. The first-order chi connectivity index (χ1) is 14.2. The minimum atomic E-state index is -0.608. The van der Waals surface area contributed by atoms with E-state index in [2.05, 4.69) is 15.7 Å². The second kappa shape index (κ2) is 8.04. The van der Waals surface area contributed by atoms with Crippen LogP contribution in [0.4, 0.5) is 5.69 Å². The fourth-order valence-corrected chi connectivity index (χ4v) is 6.41. The van der Waals surface area contributed by atoms with E-state index in [4.69, 9.17) is 4.74 Å². The van der Waals surface area contributed by atoms with Gasteiger partial charge in [-0.3, -0.25) is 19.1 Å². The number of amides is 2. The van der Waals surface area contributed by atoms with Crippen molar-refractivity contribution in [2.24, 2.45) is 30.2 Å². The summed E-state index contributed by atoms with van der Waals surface area (Å²) in [5, 5.41) is 9.64. The van der Waals surface area contributed by atoms with Gasteiger partial charge in [-0.05, 0) is 75.5 Å². The summed E-state index contributed by atoms with van der Waals surface area (Å²) in [7, 11) is 1.80. The van der Waals surface area contributed by atoms with Crippen LogP contribution in [0.25, 0.3) is 0 Å². The fraction of sp³-hybridized carbons (Fsp3) is 0.727. The maximum absolute atomic E-state index is 12.5. The van der Waals surface area contributed by atoms with E-state index < -0.39 is 18.5 Å². The highest BCUT2D eigenvalue weighted by molar-refractivity contribution is 5.94. The number of aryl methyl sites for hydroxylation is 2. The first-order valence-corrected chi connectivity index (χ1v) is 11.0. The van der Waals surface area contributed by atoms with Gasteiger partial charge in [-0.1, -0.05) is 0 Å². The van der Waals surface area contributed by atoms with Gasteiger partial charge in [0.15, 0.2) is 6.61 Å². The van der Waals surface area contributed by atoms with Crippen LogP contribution < -0.4 is 10.6 Å². The summed E-state index contributed by atoms with van der Waals surface area (Å²) in [4.78, 5) is 36.5. The number of esters is 1. The number of rotatable bonds is 7. The van der Waals surface area contributed by atoms with Crippen LogP contribution in [0.1, 0.15) is 56.3 Å². The van der Waals surface area contributed by atoms with Gasteiger partial charge >= 0.3 is 5.97 Å². The molecule has 164 valence electrons. The van der Waals surface area contributed by atoms with Gasteiger partial charge < -0.3 is 15.4 Å². The van der Waals surface area contributed by atoms with Gasteiger partial charge in [0, 0.05) is 13.5 Å². The van der Waals surface area contributed by atoms with Crippen molar-refractivity contribution in [1.82, 2.24) is 15.1 Å². The summed E-state index contributed by atoms with van der Waals surface area (Å²) in [5.74, 6) is 1.25. The quantitative estimate of drug-likeness (QED) is 0.664. The van der Waals surface area contributed by atoms with Crippen molar-refractivity contribution >= 4 is 23.5 Å². The third-order valence-electron chi connectivity index (χ3n) is 7.27. The van der Waals surface area contributed by atoms with E-state index in [1.54, 1.807) is 18.7 Å². The van der Waals surface area contributed by atoms with E-state index in [9.17, 15) is 14.4 Å². The summed E-state index contributed by atoms with van der Waals surface area (Å²) in [6, 6.07) is 0. The number of ether oxygens (including phenoxy) is 1. The van der Waals surface area contributed by atoms with E-state index in [0.717, 1.165) is 42.7 Å². The van der Waals surface area contributed by atoms with Crippen molar-refractivity contribution < 1.29 is 19.1 Å². The van der Waals surface area contributed by atoms with Crippen LogP contribution in [0.3, 0.4) is 0 Å². The number of hydrogen-bond acceptors (Lipinski definition) is 5. The first-order valence-electron chi connectivity index (χ1n) is 11.0. The molecule has 2 N–H and O–H groups in total. The number of carbonyl (C=O) groups excluding carboxylic acids is 3. The molecule has 0 atom stereocenters. The molecule has 0 saturated heterocycles. The van der Waals surface area contributed by atoms with E-state index in [1.807, 2.05) is 6.92 Å². The maximum atomic E-state index is 12.5. The molecule has 30 heavy (non-hydrogen) atoms. The molecule has 0 spiro atoms. The molecule has 1 aromatic rings. The Bertz CT molecular complexity index is 824. The fourth-order valence-electron chi connectivity index (χ4n) is 6.41.